The molecule has 0 saturated heterocycles. The van der Waals surface area contributed by atoms with Crippen LogP contribution in [0.4, 0.5) is 8.78 Å². The average Bonchev–Trinajstić information content (AvgIpc) is 3.16. The third kappa shape index (κ3) is 4.23. The maximum atomic E-state index is 14.1. The van der Waals surface area contributed by atoms with E-state index in [2.05, 4.69) is 4.98 Å². The van der Waals surface area contributed by atoms with Crippen LogP contribution in [0.3, 0.4) is 0 Å². The molecular formula is C27H23F2N3O3. The molecule has 0 unspecified atom stereocenters. The Hall–Kier alpha value is -4.20. The maximum absolute atomic E-state index is 14.1. The van der Waals surface area contributed by atoms with Gasteiger partial charge in [0.2, 0.25) is 0 Å². The van der Waals surface area contributed by atoms with Crippen LogP contribution in [-0.4, -0.2) is 28.3 Å². The number of hydrogen-bond acceptors (Lipinski definition) is 4. The molecule has 0 bridgehead atoms. The molecule has 0 radical (unpaired) electrons. The minimum atomic E-state index is -0.415. The van der Waals surface area contributed by atoms with Crippen molar-refractivity contribution in [2.24, 2.45) is 0 Å². The third-order valence-corrected chi connectivity index (χ3v) is 6.11. The summed E-state index contributed by atoms with van der Waals surface area (Å²) in [6.07, 6.45) is 2.05. The number of benzene rings is 3. The first-order valence-corrected chi connectivity index (χ1v) is 11.1. The fourth-order valence-electron chi connectivity index (χ4n) is 4.40. The first-order valence-electron chi connectivity index (χ1n) is 11.1. The minimum Gasteiger partial charge on any atom is -0.493 e. The second kappa shape index (κ2) is 9.21. The summed E-state index contributed by atoms with van der Waals surface area (Å²) in [7, 11) is 3.15. The SMILES string of the molecule is COc1ccc(CCn2cnc3c4cc(F)ccc4n(Cc4cccc(F)c4)c3c2=O)cc1OC. The largest absolute Gasteiger partial charge is 0.493 e. The van der Waals surface area contributed by atoms with Crippen molar-refractivity contribution >= 4 is 21.9 Å². The number of ether oxygens (including phenoxy) is 2. The van der Waals surface area contributed by atoms with Crippen LogP contribution in [0.15, 0.2) is 71.8 Å². The van der Waals surface area contributed by atoms with Crippen molar-refractivity contribution < 1.29 is 18.3 Å². The zero-order valence-electron chi connectivity index (χ0n) is 19.3. The van der Waals surface area contributed by atoms with Crippen molar-refractivity contribution in [3.8, 4) is 11.5 Å². The fourth-order valence-corrected chi connectivity index (χ4v) is 4.40. The summed E-state index contributed by atoms with van der Waals surface area (Å²) >= 11 is 0. The first kappa shape index (κ1) is 22.6. The van der Waals surface area contributed by atoms with E-state index in [1.807, 2.05) is 18.2 Å². The van der Waals surface area contributed by atoms with E-state index in [1.54, 1.807) is 37.0 Å². The average molecular weight is 475 g/mol. The molecule has 5 aromatic rings. The fraction of sp³-hybridized carbons (Fsp3) is 0.185. The van der Waals surface area contributed by atoms with Crippen molar-refractivity contribution in [2.45, 2.75) is 19.5 Å². The van der Waals surface area contributed by atoms with Gasteiger partial charge in [-0.1, -0.05) is 18.2 Å². The van der Waals surface area contributed by atoms with Crippen LogP contribution in [0.2, 0.25) is 0 Å². The summed E-state index contributed by atoms with van der Waals surface area (Å²) in [4.78, 5) is 18.1. The second-order valence-corrected chi connectivity index (χ2v) is 8.26. The van der Waals surface area contributed by atoms with Gasteiger partial charge in [-0.05, 0) is 60.0 Å². The number of halogens is 2. The van der Waals surface area contributed by atoms with Gasteiger partial charge < -0.3 is 14.0 Å². The molecule has 2 heterocycles. The Balaban J connectivity index is 1.58. The summed E-state index contributed by atoms with van der Waals surface area (Å²) < 4.78 is 41.9. The molecule has 178 valence electrons. The van der Waals surface area contributed by atoms with Crippen molar-refractivity contribution in [3.05, 3.63) is 100 Å². The maximum Gasteiger partial charge on any atom is 0.277 e. The van der Waals surface area contributed by atoms with Gasteiger partial charge in [-0.2, -0.15) is 0 Å². The van der Waals surface area contributed by atoms with Crippen LogP contribution in [-0.2, 0) is 19.5 Å². The van der Waals surface area contributed by atoms with Crippen molar-refractivity contribution in [1.29, 1.82) is 0 Å². The Morgan fingerprint density at radius 3 is 2.46 bits per heavy atom. The number of nitrogens with zero attached hydrogens (tertiary/aromatic N) is 3. The Labute approximate surface area is 200 Å². The second-order valence-electron chi connectivity index (χ2n) is 8.26. The van der Waals surface area contributed by atoms with E-state index >= 15 is 0 Å². The Morgan fingerprint density at radius 2 is 1.69 bits per heavy atom. The van der Waals surface area contributed by atoms with Crippen LogP contribution in [0, 0.1) is 11.6 Å². The zero-order valence-corrected chi connectivity index (χ0v) is 19.3. The normalized spacial score (nSPS) is 11.3. The van der Waals surface area contributed by atoms with E-state index in [0.29, 0.717) is 52.0 Å². The van der Waals surface area contributed by atoms with E-state index in [4.69, 9.17) is 9.47 Å². The van der Waals surface area contributed by atoms with E-state index < -0.39 is 5.82 Å². The molecule has 0 N–H and O–H groups in total. The molecular weight excluding hydrogens is 452 g/mol. The molecule has 0 atom stereocenters. The molecule has 0 aliphatic carbocycles. The minimum absolute atomic E-state index is 0.247. The predicted octanol–water partition coefficient (Wildman–Crippen LogP) is 4.94. The Bertz CT molecular complexity index is 1610. The monoisotopic (exact) mass is 475 g/mol. The molecule has 0 aliphatic rings. The van der Waals surface area contributed by atoms with Gasteiger partial charge in [0.25, 0.3) is 5.56 Å². The summed E-state index contributed by atoms with van der Waals surface area (Å²) in [5, 5.41) is 0.542. The molecule has 0 spiro atoms. The summed E-state index contributed by atoms with van der Waals surface area (Å²) in [5.74, 6) is 0.468. The van der Waals surface area contributed by atoms with Crippen LogP contribution in [0.25, 0.3) is 21.9 Å². The predicted molar refractivity (Wildman–Crippen MR) is 130 cm³/mol. The van der Waals surface area contributed by atoms with Crippen LogP contribution in [0.1, 0.15) is 11.1 Å². The lowest BCUT2D eigenvalue weighted by Crippen LogP contribution is -2.23. The molecule has 5 rings (SSSR count). The molecule has 3 aromatic carbocycles. The number of fused-ring (bicyclic) bond motifs is 3. The molecule has 0 aliphatic heterocycles. The van der Waals surface area contributed by atoms with Crippen molar-refractivity contribution in [2.75, 3.05) is 14.2 Å². The van der Waals surface area contributed by atoms with Gasteiger partial charge in [0.05, 0.1) is 26.1 Å². The highest BCUT2D eigenvalue weighted by atomic mass is 19.1. The lowest BCUT2D eigenvalue weighted by molar-refractivity contribution is 0.354. The third-order valence-electron chi connectivity index (χ3n) is 6.11. The quantitative estimate of drug-likeness (QED) is 0.335. The standard InChI is InChI=1S/C27H23F2N3O3/c1-34-23-9-6-17(13-24(23)35-2)10-11-31-16-30-25-21-14-20(29)7-8-22(21)32(26(25)27(31)33)15-18-4-3-5-19(28)12-18/h3-9,12-14,16H,10-11,15H2,1-2H3. The van der Waals surface area contributed by atoms with E-state index in [0.717, 1.165) is 5.56 Å². The van der Waals surface area contributed by atoms with Gasteiger partial charge in [-0.3, -0.25) is 9.36 Å². The topological polar surface area (TPSA) is 58.3 Å². The van der Waals surface area contributed by atoms with Gasteiger partial charge in [-0.15, -0.1) is 0 Å². The number of aryl methyl sites for hydroxylation is 2. The molecule has 35 heavy (non-hydrogen) atoms. The number of methoxy groups -OCH3 is 2. The summed E-state index contributed by atoms with van der Waals surface area (Å²) in [6, 6.07) is 16.2. The van der Waals surface area contributed by atoms with Gasteiger partial charge >= 0.3 is 0 Å². The lowest BCUT2D eigenvalue weighted by atomic mass is 10.1. The lowest BCUT2D eigenvalue weighted by Gasteiger charge is -2.11. The number of aromatic nitrogens is 3. The van der Waals surface area contributed by atoms with Crippen LogP contribution < -0.4 is 15.0 Å². The van der Waals surface area contributed by atoms with Crippen molar-refractivity contribution in [1.82, 2.24) is 14.1 Å². The van der Waals surface area contributed by atoms with Gasteiger partial charge in [0, 0.05) is 18.5 Å². The van der Waals surface area contributed by atoms with E-state index in [-0.39, 0.29) is 17.9 Å². The Morgan fingerprint density at radius 1 is 0.886 bits per heavy atom. The molecule has 2 aromatic heterocycles. The number of hydrogen-bond donors (Lipinski definition) is 0. The highest BCUT2D eigenvalue weighted by Gasteiger charge is 2.18. The van der Waals surface area contributed by atoms with Gasteiger partial charge in [-0.25, -0.2) is 13.8 Å². The highest BCUT2D eigenvalue weighted by Crippen LogP contribution is 2.29. The Kier molecular flexibility index (Phi) is 5.94. The highest BCUT2D eigenvalue weighted by molar-refractivity contribution is 6.05. The smallest absolute Gasteiger partial charge is 0.277 e. The van der Waals surface area contributed by atoms with Crippen LogP contribution in [0.5, 0.6) is 11.5 Å². The first-order chi connectivity index (χ1) is 17.0. The summed E-state index contributed by atoms with van der Waals surface area (Å²) in [5.41, 5.74) is 2.84. The summed E-state index contributed by atoms with van der Waals surface area (Å²) in [6.45, 7) is 0.632. The molecule has 6 nitrogen and oxygen atoms in total. The zero-order chi connectivity index (χ0) is 24.5. The molecule has 8 heteroatoms. The van der Waals surface area contributed by atoms with Gasteiger partial charge in [0.15, 0.2) is 11.5 Å². The molecule has 0 saturated carbocycles. The van der Waals surface area contributed by atoms with Crippen molar-refractivity contribution in [3.63, 3.8) is 0 Å². The van der Waals surface area contributed by atoms with E-state index in [1.165, 1.54) is 35.2 Å². The van der Waals surface area contributed by atoms with Crippen LogP contribution >= 0.6 is 0 Å². The van der Waals surface area contributed by atoms with Gasteiger partial charge in [0.1, 0.15) is 22.7 Å². The molecule has 0 fully saturated rings. The molecule has 0 amide bonds. The number of rotatable bonds is 7. The van der Waals surface area contributed by atoms with E-state index in [9.17, 15) is 13.6 Å².